The molecule has 1 saturated heterocycles. The number of halogens is 1. The van der Waals surface area contributed by atoms with Crippen molar-refractivity contribution in [3.8, 4) is 0 Å². The number of rotatable bonds is 2. The molecule has 2 heterocycles. The van der Waals surface area contributed by atoms with Crippen molar-refractivity contribution in [3.63, 3.8) is 0 Å². The predicted octanol–water partition coefficient (Wildman–Crippen LogP) is 1.07. The Kier molecular flexibility index (Phi) is 2.99. The number of aromatic amines is 1. The Balaban J connectivity index is 1.99. The van der Waals surface area contributed by atoms with E-state index < -0.39 is 9.24 Å². The average Bonchev–Trinajstić information content (AvgIpc) is 2.69. The lowest BCUT2D eigenvalue weighted by atomic mass is 9.95. The van der Waals surface area contributed by atoms with E-state index in [9.17, 15) is 8.42 Å². The maximum Gasteiger partial charge on any atom is 0.299 e. The number of hydrogen-bond acceptors (Lipinski definition) is 3. The fourth-order valence-electron chi connectivity index (χ4n) is 1.88. The fraction of sp³-hybridized carbons (Fsp3) is 0.625. The van der Waals surface area contributed by atoms with Gasteiger partial charge in [-0.15, -0.1) is 0 Å². The molecule has 7 heteroatoms. The summed E-state index contributed by atoms with van der Waals surface area (Å²) in [5, 5.41) is 6.79. The minimum absolute atomic E-state index is 0.363. The number of H-pyrrole nitrogens is 1. The zero-order chi connectivity index (χ0) is 10.9. The quantitative estimate of drug-likeness (QED) is 0.798. The van der Waals surface area contributed by atoms with Gasteiger partial charge in [-0.1, -0.05) is 0 Å². The maximum atomic E-state index is 11.1. The summed E-state index contributed by atoms with van der Waals surface area (Å²) < 4.78 is 23.4. The normalized spacial score (nSPS) is 20.6. The highest BCUT2D eigenvalue weighted by Crippen LogP contribution is 2.28. The number of aromatic nitrogens is 2. The van der Waals surface area contributed by atoms with E-state index in [2.05, 4.69) is 10.2 Å². The van der Waals surface area contributed by atoms with E-state index in [0.717, 1.165) is 18.5 Å². The molecule has 0 bridgehead atoms. The van der Waals surface area contributed by atoms with Crippen LogP contribution in [0.3, 0.4) is 0 Å². The Labute approximate surface area is 93.0 Å². The second-order valence-electron chi connectivity index (χ2n) is 3.63. The summed E-state index contributed by atoms with van der Waals surface area (Å²) in [5.41, 5.74) is 1.07. The Bertz CT molecular complexity index is 409. The molecule has 0 saturated carbocycles. The summed E-state index contributed by atoms with van der Waals surface area (Å²) in [6.45, 7) is 0.963. The van der Waals surface area contributed by atoms with E-state index >= 15 is 0 Å². The molecule has 1 aromatic heterocycles. The minimum atomic E-state index is -3.54. The fourth-order valence-corrected chi connectivity index (χ4v) is 2.94. The van der Waals surface area contributed by atoms with E-state index in [1.807, 2.05) is 6.07 Å². The van der Waals surface area contributed by atoms with Crippen LogP contribution in [0.4, 0.5) is 0 Å². The molecular formula is C8H12ClN3O2S. The summed E-state index contributed by atoms with van der Waals surface area (Å²) in [6.07, 6.45) is 3.28. The standard InChI is InChI=1S/C8H12ClN3O2S/c9-15(13,14)12-5-2-7(3-6-12)8-1-4-10-11-8/h1,4,7H,2-3,5-6H2,(H,10,11). The van der Waals surface area contributed by atoms with E-state index in [0.29, 0.717) is 19.0 Å². The molecule has 5 nitrogen and oxygen atoms in total. The van der Waals surface area contributed by atoms with Crippen LogP contribution in [0.1, 0.15) is 24.5 Å². The zero-order valence-corrected chi connectivity index (χ0v) is 9.63. The Morgan fingerprint density at radius 1 is 1.47 bits per heavy atom. The number of hydrogen-bond donors (Lipinski definition) is 1. The van der Waals surface area contributed by atoms with Crippen molar-refractivity contribution in [1.82, 2.24) is 14.5 Å². The van der Waals surface area contributed by atoms with Gasteiger partial charge in [0.1, 0.15) is 0 Å². The molecule has 2 rings (SSSR count). The molecule has 0 spiro atoms. The van der Waals surface area contributed by atoms with Crippen LogP contribution in [0, 0.1) is 0 Å². The minimum Gasteiger partial charge on any atom is -0.282 e. The maximum absolute atomic E-state index is 11.1. The van der Waals surface area contributed by atoms with Crippen molar-refractivity contribution >= 4 is 19.9 Å². The van der Waals surface area contributed by atoms with Gasteiger partial charge in [-0.2, -0.15) is 17.8 Å². The molecule has 1 aromatic rings. The van der Waals surface area contributed by atoms with E-state index in [4.69, 9.17) is 10.7 Å². The number of nitrogens with one attached hydrogen (secondary N) is 1. The SMILES string of the molecule is O=S(=O)(Cl)N1CCC(c2ccn[nH]2)CC1. The van der Waals surface area contributed by atoms with Crippen molar-refractivity contribution < 1.29 is 8.42 Å². The molecular weight excluding hydrogens is 238 g/mol. The molecule has 0 radical (unpaired) electrons. The van der Waals surface area contributed by atoms with Gasteiger partial charge in [0.25, 0.3) is 9.24 Å². The first-order chi connectivity index (χ1) is 7.07. The van der Waals surface area contributed by atoms with Crippen LogP contribution in [-0.2, 0) is 9.24 Å². The van der Waals surface area contributed by atoms with Gasteiger partial charge in [0.05, 0.1) is 0 Å². The molecule has 1 fully saturated rings. The monoisotopic (exact) mass is 249 g/mol. The third kappa shape index (κ3) is 2.50. The average molecular weight is 250 g/mol. The van der Waals surface area contributed by atoms with Crippen molar-refractivity contribution in [2.24, 2.45) is 0 Å². The van der Waals surface area contributed by atoms with Crippen LogP contribution in [0.2, 0.25) is 0 Å². The van der Waals surface area contributed by atoms with Crippen LogP contribution in [0.15, 0.2) is 12.3 Å². The van der Waals surface area contributed by atoms with Crippen molar-refractivity contribution in [3.05, 3.63) is 18.0 Å². The first-order valence-corrected chi connectivity index (χ1v) is 7.03. The summed E-state index contributed by atoms with van der Waals surface area (Å²) in [5.74, 6) is 0.363. The van der Waals surface area contributed by atoms with Crippen molar-refractivity contribution in [2.45, 2.75) is 18.8 Å². The zero-order valence-electron chi connectivity index (χ0n) is 8.06. The molecule has 0 amide bonds. The molecule has 1 aliphatic heterocycles. The molecule has 15 heavy (non-hydrogen) atoms. The summed E-state index contributed by atoms with van der Waals surface area (Å²) in [4.78, 5) is 0. The number of piperidine rings is 1. The lowest BCUT2D eigenvalue weighted by Crippen LogP contribution is -2.35. The molecule has 0 aromatic carbocycles. The van der Waals surface area contributed by atoms with Gasteiger partial charge in [0.15, 0.2) is 0 Å². The van der Waals surface area contributed by atoms with Crippen LogP contribution >= 0.6 is 10.7 Å². The second-order valence-corrected chi connectivity index (χ2v) is 6.14. The van der Waals surface area contributed by atoms with Gasteiger partial charge in [-0.05, 0) is 18.9 Å². The lowest BCUT2D eigenvalue weighted by Gasteiger charge is -2.28. The predicted molar refractivity (Wildman–Crippen MR) is 56.9 cm³/mol. The van der Waals surface area contributed by atoms with Crippen LogP contribution in [0.5, 0.6) is 0 Å². The smallest absolute Gasteiger partial charge is 0.282 e. The Morgan fingerprint density at radius 2 is 2.13 bits per heavy atom. The topological polar surface area (TPSA) is 66.1 Å². The van der Waals surface area contributed by atoms with E-state index in [1.54, 1.807) is 6.20 Å². The van der Waals surface area contributed by atoms with Gasteiger partial charge in [0.2, 0.25) is 0 Å². The lowest BCUT2D eigenvalue weighted by molar-refractivity contribution is 0.322. The van der Waals surface area contributed by atoms with Gasteiger partial charge in [0, 0.05) is 41.6 Å². The molecule has 0 atom stereocenters. The highest BCUT2D eigenvalue weighted by molar-refractivity contribution is 8.11. The highest BCUT2D eigenvalue weighted by atomic mass is 35.7. The van der Waals surface area contributed by atoms with Crippen LogP contribution in [0.25, 0.3) is 0 Å². The highest BCUT2D eigenvalue weighted by Gasteiger charge is 2.27. The Morgan fingerprint density at radius 3 is 2.60 bits per heavy atom. The van der Waals surface area contributed by atoms with Gasteiger partial charge >= 0.3 is 0 Å². The van der Waals surface area contributed by atoms with Gasteiger partial charge in [-0.25, -0.2) is 0 Å². The molecule has 84 valence electrons. The van der Waals surface area contributed by atoms with E-state index in [1.165, 1.54) is 4.31 Å². The third-order valence-electron chi connectivity index (χ3n) is 2.72. The summed E-state index contributed by atoms with van der Waals surface area (Å²) >= 11 is 0. The third-order valence-corrected chi connectivity index (χ3v) is 4.29. The molecule has 1 aliphatic rings. The summed E-state index contributed by atoms with van der Waals surface area (Å²) in [7, 11) is 1.72. The first kappa shape index (κ1) is 10.9. The number of nitrogens with zero attached hydrogens (tertiary/aromatic N) is 2. The van der Waals surface area contributed by atoms with Crippen molar-refractivity contribution in [1.29, 1.82) is 0 Å². The Hall–Kier alpha value is -0.590. The van der Waals surface area contributed by atoms with Gasteiger partial charge in [-0.3, -0.25) is 5.10 Å². The van der Waals surface area contributed by atoms with Crippen LogP contribution in [-0.4, -0.2) is 36.0 Å². The largest absolute Gasteiger partial charge is 0.299 e. The molecule has 0 aliphatic carbocycles. The van der Waals surface area contributed by atoms with E-state index in [-0.39, 0.29) is 0 Å². The van der Waals surface area contributed by atoms with Gasteiger partial charge < -0.3 is 0 Å². The molecule has 1 N–H and O–H groups in total. The molecule has 0 unspecified atom stereocenters. The van der Waals surface area contributed by atoms with Crippen molar-refractivity contribution in [2.75, 3.05) is 13.1 Å². The van der Waals surface area contributed by atoms with Crippen LogP contribution < -0.4 is 0 Å². The summed E-state index contributed by atoms with van der Waals surface area (Å²) in [6, 6.07) is 1.93. The second kappa shape index (κ2) is 4.11. The first-order valence-electron chi connectivity index (χ1n) is 4.76.